The Morgan fingerprint density at radius 2 is 2.11 bits per heavy atom. The summed E-state index contributed by atoms with van der Waals surface area (Å²) < 4.78 is 5.47. The molecule has 2 rings (SSSR count). The predicted octanol–water partition coefficient (Wildman–Crippen LogP) is 4.89. The fourth-order valence-electron chi connectivity index (χ4n) is 2.70. The number of nitrogens with one attached hydrogen (secondary N) is 1. The molecule has 0 atom stereocenters. The van der Waals surface area contributed by atoms with Crippen LogP contribution in [-0.4, -0.2) is 12.6 Å². The van der Waals surface area contributed by atoms with Crippen LogP contribution in [0.2, 0.25) is 5.22 Å². The zero-order valence-electron chi connectivity index (χ0n) is 11.9. The number of rotatable bonds is 5. The van der Waals surface area contributed by atoms with E-state index in [1.165, 1.54) is 37.7 Å². The zero-order valence-corrected chi connectivity index (χ0v) is 12.7. The molecule has 1 aliphatic rings. The Morgan fingerprint density at radius 3 is 2.68 bits per heavy atom. The molecule has 19 heavy (non-hydrogen) atoms. The van der Waals surface area contributed by atoms with Gasteiger partial charge < -0.3 is 9.73 Å². The molecule has 1 N–H and O–H groups in total. The largest absolute Gasteiger partial charge is 0.445 e. The lowest BCUT2D eigenvalue weighted by molar-refractivity contribution is 0.393. The van der Waals surface area contributed by atoms with Crippen molar-refractivity contribution in [2.45, 2.75) is 52.0 Å². The summed E-state index contributed by atoms with van der Waals surface area (Å²) in [5.74, 6) is 1.57. The maximum absolute atomic E-state index is 5.85. The van der Waals surface area contributed by atoms with Gasteiger partial charge in [0.25, 0.3) is 0 Å². The summed E-state index contributed by atoms with van der Waals surface area (Å²) in [6.07, 6.45) is 8.87. The van der Waals surface area contributed by atoms with E-state index in [9.17, 15) is 0 Å². The highest BCUT2D eigenvalue weighted by molar-refractivity contribution is 6.28. The van der Waals surface area contributed by atoms with Crippen molar-refractivity contribution in [1.82, 2.24) is 5.32 Å². The summed E-state index contributed by atoms with van der Waals surface area (Å²) in [7, 11) is 0. The molecule has 1 heterocycles. The Balaban J connectivity index is 2.10. The van der Waals surface area contributed by atoms with Gasteiger partial charge in [-0.3, -0.25) is 0 Å². The molecule has 2 nitrogen and oxygen atoms in total. The van der Waals surface area contributed by atoms with Gasteiger partial charge in [-0.05, 0) is 54.1 Å². The van der Waals surface area contributed by atoms with Gasteiger partial charge in [0.05, 0.1) is 0 Å². The standard InChI is InChI=1S/C16H24ClNO/c1-12(2)18-11-14(13-6-4-3-5-7-13)10-15-8-9-16(17)19-15/h8-10,12-13,18H,3-7,11H2,1-2H3. The van der Waals surface area contributed by atoms with Gasteiger partial charge in [0, 0.05) is 12.6 Å². The minimum Gasteiger partial charge on any atom is -0.445 e. The van der Waals surface area contributed by atoms with Gasteiger partial charge >= 0.3 is 0 Å². The molecule has 0 aliphatic heterocycles. The first-order valence-electron chi connectivity index (χ1n) is 7.34. The quantitative estimate of drug-likeness (QED) is 0.831. The van der Waals surface area contributed by atoms with E-state index in [0.717, 1.165) is 12.3 Å². The Labute approximate surface area is 121 Å². The van der Waals surface area contributed by atoms with E-state index in [1.807, 2.05) is 12.1 Å². The van der Waals surface area contributed by atoms with Crippen molar-refractivity contribution in [3.05, 3.63) is 28.7 Å². The smallest absolute Gasteiger partial charge is 0.193 e. The third-order valence-electron chi connectivity index (χ3n) is 3.77. The Bertz CT molecular complexity index is 416. The topological polar surface area (TPSA) is 25.2 Å². The van der Waals surface area contributed by atoms with Crippen LogP contribution in [0.4, 0.5) is 0 Å². The fourth-order valence-corrected chi connectivity index (χ4v) is 2.85. The van der Waals surface area contributed by atoms with Crippen LogP contribution < -0.4 is 5.32 Å². The third kappa shape index (κ3) is 4.70. The van der Waals surface area contributed by atoms with Crippen LogP contribution in [0.5, 0.6) is 0 Å². The third-order valence-corrected chi connectivity index (χ3v) is 3.97. The highest BCUT2D eigenvalue weighted by atomic mass is 35.5. The van der Waals surface area contributed by atoms with Crippen LogP contribution in [0.3, 0.4) is 0 Å². The monoisotopic (exact) mass is 281 g/mol. The number of furan rings is 1. The molecule has 0 unspecified atom stereocenters. The first kappa shape index (κ1) is 14.7. The molecule has 0 radical (unpaired) electrons. The molecular weight excluding hydrogens is 258 g/mol. The molecule has 1 aromatic heterocycles. The Hall–Kier alpha value is -0.730. The molecule has 0 bridgehead atoms. The van der Waals surface area contributed by atoms with Gasteiger partial charge in [-0.2, -0.15) is 0 Å². The molecule has 1 fully saturated rings. The predicted molar refractivity (Wildman–Crippen MR) is 81.4 cm³/mol. The zero-order chi connectivity index (χ0) is 13.7. The summed E-state index contributed by atoms with van der Waals surface area (Å²) >= 11 is 5.85. The second kappa shape index (κ2) is 7.16. The summed E-state index contributed by atoms with van der Waals surface area (Å²) in [5, 5.41) is 3.99. The van der Waals surface area contributed by atoms with E-state index in [1.54, 1.807) is 0 Å². The minimum atomic E-state index is 0.464. The first-order chi connectivity index (χ1) is 9.15. The van der Waals surface area contributed by atoms with Crippen LogP contribution in [0.15, 0.2) is 22.1 Å². The average Bonchev–Trinajstić information content (AvgIpc) is 2.81. The minimum absolute atomic E-state index is 0.464. The lowest BCUT2D eigenvalue weighted by Gasteiger charge is -2.25. The van der Waals surface area contributed by atoms with Crippen LogP contribution in [-0.2, 0) is 0 Å². The van der Waals surface area contributed by atoms with Gasteiger partial charge in [-0.1, -0.05) is 33.1 Å². The number of hydrogen-bond acceptors (Lipinski definition) is 2. The fraction of sp³-hybridized carbons (Fsp3) is 0.625. The van der Waals surface area contributed by atoms with Crippen LogP contribution in [0.1, 0.15) is 51.7 Å². The molecule has 106 valence electrons. The second-order valence-corrected chi connectivity index (χ2v) is 6.10. The van der Waals surface area contributed by atoms with Crippen LogP contribution in [0, 0.1) is 5.92 Å². The molecule has 0 saturated heterocycles. The van der Waals surface area contributed by atoms with E-state index >= 15 is 0 Å². The van der Waals surface area contributed by atoms with Gasteiger partial charge in [-0.25, -0.2) is 0 Å². The average molecular weight is 282 g/mol. The van der Waals surface area contributed by atoms with Gasteiger partial charge in [0.2, 0.25) is 0 Å². The summed E-state index contributed by atoms with van der Waals surface area (Å²) in [5.41, 5.74) is 1.46. The van der Waals surface area contributed by atoms with Crippen molar-refractivity contribution in [3.8, 4) is 0 Å². The molecule has 0 spiro atoms. The highest BCUT2D eigenvalue weighted by Gasteiger charge is 2.18. The molecule has 1 aromatic rings. The number of halogens is 1. The van der Waals surface area contributed by atoms with Crippen molar-refractivity contribution in [3.63, 3.8) is 0 Å². The maximum Gasteiger partial charge on any atom is 0.193 e. The number of hydrogen-bond donors (Lipinski definition) is 1. The molecule has 0 aromatic carbocycles. The van der Waals surface area contributed by atoms with E-state index in [0.29, 0.717) is 17.2 Å². The molecule has 3 heteroatoms. The molecular formula is C16H24ClNO. The van der Waals surface area contributed by atoms with Crippen LogP contribution in [0.25, 0.3) is 6.08 Å². The summed E-state index contributed by atoms with van der Waals surface area (Å²) in [6, 6.07) is 4.26. The molecule has 1 saturated carbocycles. The lowest BCUT2D eigenvalue weighted by Crippen LogP contribution is -2.27. The van der Waals surface area contributed by atoms with Crippen molar-refractivity contribution >= 4 is 17.7 Å². The summed E-state index contributed by atoms with van der Waals surface area (Å²) in [6.45, 7) is 5.31. The van der Waals surface area contributed by atoms with Crippen molar-refractivity contribution in [1.29, 1.82) is 0 Å². The Kier molecular flexibility index (Phi) is 5.53. The van der Waals surface area contributed by atoms with Gasteiger partial charge in [-0.15, -0.1) is 0 Å². The first-order valence-corrected chi connectivity index (χ1v) is 7.72. The van der Waals surface area contributed by atoms with Gasteiger partial charge in [0.1, 0.15) is 5.76 Å². The van der Waals surface area contributed by atoms with Crippen LogP contribution >= 0.6 is 11.6 Å². The maximum atomic E-state index is 5.85. The molecule has 0 amide bonds. The van der Waals surface area contributed by atoms with E-state index in [-0.39, 0.29) is 0 Å². The second-order valence-electron chi connectivity index (χ2n) is 5.73. The van der Waals surface area contributed by atoms with Crippen molar-refractivity contribution < 1.29 is 4.42 Å². The Morgan fingerprint density at radius 1 is 1.37 bits per heavy atom. The van der Waals surface area contributed by atoms with E-state index in [2.05, 4.69) is 25.2 Å². The molecule has 1 aliphatic carbocycles. The van der Waals surface area contributed by atoms with Gasteiger partial charge in [0.15, 0.2) is 5.22 Å². The van der Waals surface area contributed by atoms with E-state index < -0.39 is 0 Å². The SMILES string of the molecule is CC(C)NCC(=Cc1ccc(Cl)o1)C1CCCCC1. The van der Waals surface area contributed by atoms with Crippen molar-refractivity contribution in [2.24, 2.45) is 5.92 Å². The highest BCUT2D eigenvalue weighted by Crippen LogP contribution is 2.31. The van der Waals surface area contributed by atoms with Crippen molar-refractivity contribution in [2.75, 3.05) is 6.54 Å². The van der Waals surface area contributed by atoms with E-state index in [4.69, 9.17) is 16.0 Å². The lowest BCUT2D eigenvalue weighted by atomic mass is 9.83. The normalized spacial score (nSPS) is 18.2. The summed E-state index contributed by atoms with van der Waals surface area (Å²) in [4.78, 5) is 0.